The average Bonchev–Trinajstić information content (AvgIpc) is 2.58. The van der Waals surface area contributed by atoms with Crippen LogP contribution in [-0.4, -0.2) is 16.2 Å². The summed E-state index contributed by atoms with van der Waals surface area (Å²) < 4.78 is 6.20. The lowest BCUT2D eigenvalue weighted by atomic mass is 9.98. The maximum absolute atomic E-state index is 11.0. The van der Waals surface area contributed by atoms with E-state index in [-0.39, 0.29) is 6.42 Å². The summed E-state index contributed by atoms with van der Waals surface area (Å²) in [4.78, 5) is 11.0. The highest BCUT2D eigenvalue weighted by molar-refractivity contribution is 5.70. The molecule has 0 aliphatic carbocycles. The molecule has 0 aliphatic rings. The van der Waals surface area contributed by atoms with Gasteiger partial charge in [0, 0.05) is 0 Å². The average molecular weight is 342 g/mol. The van der Waals surface area contributed by atoms with Crippen molar-refractivity contribution in [3.05, 3.63) is 52.1 Å². The van der Waals surface area contributed by atoms with Crippen molar-refractivity contribution in [3.8, 4) is 17.2 Å². The Labute approximate surface area is 149 Å². The first-order valence-electron chi connectivity index (χ1n) is 8.76. The number of ether oxygens (including phenoxy) is 1. The Kier molecular flexibility index (Phi) is 6.07. The lowest BCUT2D eigenvalue weighted by Crippen LogP contribution is -2.04. The van der Waals surface area contributed by atoms with E-state index in [0.717, 1.165) is 52.8 Å². The molecule has 0 unspecified atom stereocenters. The SMILES string of the molecule is CCc1cc(Oc2c(CC)cc(CC(=O)O)cc2CC)cc(C)c1O. The third kappa shape index (κ3) is 4.32. The van der Waals surface area contributed by atoms with Crippen LogP contribution in [0.1, 0.15) is 48.6 Å². The van der Waals surface area contributed by atoms with Crippen LogP contribution in [0.5, 0.6) is 17.2 Å². The van der Waals surface area contributed by atoms with Crippen molar-refractivity contribution >= 4 is 5.97 Å². The molecule has 0 spiro atoms. The fourth-order valence-corrected chi connectivity index (χ4v) is 3.02. The number of rotatable bonds is 7. The van der Waals surface area contributed by atoms with E-state index in [9.17, 15) is 9.90 Å². The topological polar surface area (TPSA) is 66.8 Å². The molecule has 4 heteroatoms. The standard InChI is InChI=1S/C21H26O4/c1-5-15-12-18(8-13(4)20(15)24)25-21-16(6-2)9-14(11-19(22)23)10-17(21)7-3/h8-10,12,24H,5-7,11H2,1-4H3,(H,22,23). The second kappa shape index (κ2) is 8.06. The molecule has 2 N–H and O–H groups in total. The maximum Gasteiger partial charge on any atom is 0.307 e. The number of aliphatic carboxylic acids is 1. The molecule has 4 nitrogen and oxygen atoms in total. The Morgan fingerprint density at radius 1 is 0.960 bits per heavy atom. The van der Waals surface area contributed by atoms with Gasteiger partial charge in [0.25, 0.3) is 0 Å². The molecule has 0 bridgehead atoms. The number of aryl methyl sites for hydroxylation is 4. The first-order chi connectivity index (χ1) is 11.9. The first-order valence-corrected chi connectivity index (χ1v) is 8.76. The van der Waals surface area contributed by atoms with Gasteiger partial charge in [0.15, 0.2) is 0 Å². The van der Waals surface area contributed by atoms with Crippen molar-refractivity contribution in [3.63, 3.8) is 0 Å². The van der Waals surface area contributed by atoms with Crippen molar-refractivity contribution < 1.29 is 19.7 Å². The van der Waals surface area contributed by atoms with E-state index in [2.05, 4.69) is 0 Å². The van der Waals surface area contributed by atoms with Gasteiger partial charge in [-0.25, -0.2) is 0 Å². The first kappa shape index (κ1) is 18.8. The minimum atomic E-state index is -0.834. The van der Waals surface area contributed by atoms with Crippen molar-refractivity contribution in [2.75, 3.05) is 0 Å². The van der Waals surface area contributed by atoms with Gasteiger partial charge in [0.1, 0.15) is 17.2 Å². The van der Waals surface area contributed by atoms with Gasteiger partial charge in [-0.2, -0.15) is 0 Å². The molecule has 0 saturated carbocycles. The molecule has 0 heterocycles. The summed E-state index contributed by atoms with van der Waals surface area (Å²) in [5.74, 6) is 0.978. The van der Waals surface area contributed by atoms with Crippen LogP contribution in [0.25, 0.3) is 0 Å². The van der Waals surface area contributed by atoms with Crippen LogP contribution in [0.4, 0.5) is 0 Å². The van der Waals surface area contributed by atoms with Gasteiger partial charge in [0.05, 0.1) is 6.42 Å². The Bertz CT molecular complexity index is 753. The van der Waals surface area contributed by atoms with Crippen molar-refractivity contribution in [1.29, 1.82) is 0 Å². The number of phenols is 1. The van der Waals surface area contributed by atoms with E-state index in [1.165, 1.54) is 0 Å². The number of phenolic OH excluding ortho intramolecular Hbond substituents is 1. The molecule has 2 rings (SSSR count). The third-order valence-electron chi connectivity index (χ3n) is 4.37. The summed E-state index contributed by atoms with van der Waals surface area (Å²) in [6.07, 6.45) is 2.25. The van der Waals surface area contributed by atoms with Gasteiger partial charge in [-0.3, -0.25) is 4.79 Å². The van der Waals surface area contributed by atoms with Crippen LogP contribution < -0.4 is 4.74 Å². The molecule has 0 amide bonds. The van der Waals surface area contributed by atoms with Crippen LogP contribution in [0.15, 0.2) is 24.3 Å². The second-order valence-corrected chi connectivity index (χ2v) is 6.22. The van der Waals surface area contributed by atoms with Crippen molar-refractivity contribution in [2.24, 2.45) is 0 Å². The van der Waals surface area contributed by atoms with Crippen LogP contribution in [0.3, 0.4) is 0 Å². The van der Waals surface area contributed by atoms with Crippen LogP contribution in [0.2, 0.25) is 0 Å². The monoisotopic (exact) mass is 342 g/mol. The molecule has 2 aromatic rings. The molecule has 134 valence electrons. The van der Waals surface area contributed by atoms with E-state index in [4.69, 9.17) is 9.84 Å². The van der Waals surface area contributed by atoms with E-state index in [1.807, 2.05) is 52.0 Å². The van der Waals surface area contributed by atoms with Gasteiger partial charge >= 0.3 is 5.97 Å². The summed E-state index contributed by atoms with van der Waals surface area (Å²) in [5.41, 5.74) is 4.44. The fourth-order valence-electron chi connectivity index (χ4n) is 3.02. The third-order valence-corrected chi connectivity index (χ3v) is 4.37. The number of carboxylic acid groups (broad SMARTS) is 1. The molecule has 0 aromatic heterocycles. The maximum atomic E-state index is 11.0. The Balaban J connectivity index is 2.48. The smallest absolute Gasteiger partial charge is 0.307 e. The number of aromatic hydroxyl groups is 1. The van der Waals surface area contributed by atoms with Gasteiger partial charge in [-0.1, -0.05) is 32.9 Å². The Morgan fingerprint density at radius 2 is 1.52 bits per heavy atom. The molecular formula is C21H26O4. The summed E-state index contributed by atoms with van der Waals surface area (Å²) >= 11 is 0. The van der Waals surface area contributed by atoms with Crippen molar-refractivity contribution in [2.45, 2.75) is 53.4 Å². The lowest BCUT2D eigenvalue weighted by molar-refractivity contribution is -0.136. The molecule has 0 atom stereocenters. The molecule has 0 saturated heterocycles. The number of benzene rings is 2. The normalized spacial score (nSPS) is 10.7. The zero-order valence-electron chi connectivity index (χ0n) is 15.3. The summed E-state index contributed by atoms with van der Waals surface area (Å²) in [5, 5.41) is 19.2. The zero-order valence-corrected chi connectivity index (χ0v) is 15.3. The van der Waals surface area contributed by atoms with Crippen LogP contribution in [-0.2, 0) is 30.5 Å². The van der Waals surface area contributed by atoms with E-state index < -0.39 is 5.97 Å². The number of hydrogen-bond acceptors (Lipinski definition) is 3. The highest BCUT2D eigenvalue weighted by Crippen LogP contribution is 2.35. The molecule has 2 aromatic carbocycles. The fraction of sp³-hybridized carbons (Fsp3) is 0.381. The van der Waals surface area contributed by atoms with E-state index >= 15 is 0 Å². The van der Waals surface area contributed by atoms with Crippen LogP contribution >= 0.6 is 0 Å². The van der Waals surface area contributed by atoms with E-state index in [1.54, 1.807) is 0 Å². The highest BCUT2D eigenvalue weighted by atomic mass is 16.5. The largest absolute Gasteiger partial charge is 0.507 e. The minimum Gasteiger partial charge on any atom is -0.507 e. The van der Waals surface area contributed by atoms with Crippen molar-refractivity contribution in [1.82, 2.24) is 0 Å². The van der Waals surface area contributed by atoms with Gasteiger partial charge in [-0.05, 0) is 66.1 Å². The van der Waals surface area contributed by atoms with Gasteiger partial charge in [-0.15, -0.1) is 0 Å². The molecular weight excluding hydrogens is 316 g/mol. The molecule has 25 heavy (non-hydrogen) atoms. The molecule has 0 aliphatic heterocycles. The predicted octanol–water partition coefficient (Wildman–Crippen LogP) is 4.81. The summed E-state index contributed by atoms with van der Waals surface area (Å²) in [6, 6.07) is 7.53. The molecule has 0 radical (unpaired) electrons. The van der Waals surface area contributed by atoms with E-state index in [0.29, 0.717) is 11.5 Å². The number of carbonyl (C=O) groups is 1. The summed E-state index contributed by atoms with van der Waals surface area (Å²) in [6.45, 7) is 7.92. The van der Waals surface area contributed by atoms with Crippen LogP contribution in [0, 0.1) is 6.92 Å². The highest BCUT2D eigenvalue weighted by Gasteiger charge is 2.14. The summed E-state index contributed by atoms with van der Waals surface area (Å²) in [7, 11) is 0. The second-order valence-electron chi connectivity index (χ2n) is 6.22. The quantitative estimate of drug-likeness (QED) is 0.758. The minimum absolute atomic E-state index is 0.0125. The number of carboxylic acids is 1. The lowest BCUT2D eigenvalue weighted by Gasteiger charge is -2.17. The predicted molar refractivity (Wildman–Crippen MR) is 98.8 cm³/mol. The van der Waals surface area contributed by atoms with Gasteiger partial charge < -0.3 is 14.9 Å². The number of hydrogen-bond donors (Lipinski definition) is 2. The zero-order chi connectivity index (χ0) is 18.6. The molecule has 0 fully saturated rings. The van der Waals surface area contributed by atoms with Gasteiger partial charge in [0.2, 0.25) is 0 Å². The Morgan fingerprint density at radius 3 is 2.00 bits per heavy atom. The Hall–Kier alpha value is -2.49.